The van der Waals surface area contributed by atoms with Gasteiger partial charge in [0.15, 0.2) is 5.69 Å². The van der Waals surface area contributed by atoms with Gasteiger partial charge in [0.1, 0.15) is 17.3 Å². The van der Waals surface area contributed by atoms with E-state index in [1.54, 1.807) is 25.7 Å². The van der Waals surface area contributed by atoms with Gasteiger partial charge in [0, 0.05) is 13.1 Å². The smallest absolute Gasteiger partial charge is 0.329 e. The molecule has 162 valence electrons. The van der Waals surface area contributed by atoms with Crippen LogP contribution < -0.4 is 5.32 Å². The molecule has 1 aromatic heterocycles. The van der Waals surface area contributed by atoms with Crippen LogP contribution in [-0.2, 0) is 9.53 Å². The van der Waals surface area contributed by atoms with Crippen molar-refractivity contribution in [3.05, 3.63) is 17.7 Å². The molecule has 0 spiro atoms. The average molecular weight is 407 g/mol. The second-order valence-electron chi connectivity index (χ2n) is 9.29. The molecule has 0 aromatic carbocycles. The van der Waals surface area contributed by atoms with Crippen LogP contribution in [-0.4, -0.2) is 57.4 Å². The lowest BCUT2D eigenvalue weighted by molar-refractivity contribution is -0.157. The van der Waals surface area contributed by atoms with Crippen molar-refractivity contribution in [1.29, 1.82) is 0 Å². The van der Waals surface area contributed by atoms with E-state index in [0.717, 1.165) is 12.8 Å². The molecule has 1 saturated heterocycles. The fraction of sp³-hybridized carbons (Fsp3) is 0.714. The molecule has 1 aliphatic heterocycles. The molecule has 0 radical (unpaired) electrons. The molecule has 1 aliphatic rings. The number of aromatic nitrogens is 2. The number of carbonyl (C=O) groups is 3. The van der Waals surface area contributed by atoms with Crippen LogP contribution in [0.15, 0.2) is 6.33 Å². The topological polar surface area (TPSA) is 104 Å². The zero-order valence-corrected chi connectivity index (χ0v) is 18.4. The average Bonchev–Trinajstić information content (AvgIpc) is 3.09. The molecule has 0 aliphatic carbocycles. The summed E-state index contributed by atoms with van der Waals surface area (Å²) in [6.45, 7) is 12.8. The fourth-order valence-corrected chi connectivity index (χ4v) is 3.28. The molecule has 2 amide bonds. The van der Waals surface area contributed by atoms with E-state index >= 15 is 0 Å². The Kier molecular flexibility index (Phi) is 7.43. The zero-order valence-electron chi connectivity index (χ0n) is 18.4. The van der Waals surface area contributed by atoms with Gasteiger partial charge < -0.3 is 19.9 Å². The molecule has 0 saturated carbocycles. The van der Waals surface area contributed by atoms with Gasteiger partial charge in [0.2, 0.25) is 0 Å². The van der Waals surface area contributed by atoms with E-state index < -0.39 is 23.5 Å². The highest BCUT2D eigenvalue weighted by atomic mass is 16.6. The van der Waals surface area contributed by atoms with Crippen LogP contribution in [0.3, 0.4) is 0 Å². The van der Waals surface area contributed by atoms with Crippen LogP contribution in [0.25, 0.3) is 0 Å². The zero-order chi connectivity index (χ0) is 21.8. The summed E-state index contributed by atoms with van der Waals surface area (Å²) in [4.78, 5) is 46.9. The van der Waals surface area contributed by atoms with E-state index in [-0.39, 0.29) is 23.2 Å². The van der Waals surface area contributed by atoms with Crippen LogP contribution in [0.1, 0.15) is 81.8 Å². The number of aromatic amines is 1. The summed E-state index contributed by atoms with van der Waals surface area (Å²) in [5, 5.41) is 2.71. The Hall–Kier alpha value is -2.38. The van der Waals surface area contributed by atoms with E-state index in [9.17, 15) is 14.4 Å². The van der Waals surface area contributed by atoms with Crippen LogP contribution in [0.4, 0.5) is 0 Å². The third-order valence-corrected chi connectivity index (χ3v) is 4.84. The van der Waals surface area contributed by atoms with Gasteiger partial charge in [-0.15, -0.1) is 0 Å². The predicted octanol–water partition coefficient (Wildman–Crippen LogP) is 2.77. The maximum absolute atomic E-state index is 12.9. The van der Waals surface area contributed by atoms with Crippen molar-refractivity contribution in [3.63, 3.8) is 0 Å². The van der Waals surface area contributed by atoms with Crippen molar-refractivity contribution >= 4 is 17.8 Å². The molecule has 8 heteroatoms. The highest BCUT2D eigenvalue weighted by molar-refractivity contribution is 6.05. The highest BCUT2D eigenvalue weighted by Crippen LogP contribution is 2.19. The minimum absolute atomic E-state index is 0.00550. The number of nitrogens with zero attached hydrogens (tertiary/aromatic N) is 2. The Balaban J connectivity index is 2.13. The van der Waals surface area contributed by atoms with E-state index in [2.05, 4.69) is 22.2 Å². The van der Waals surface area contributed by atoms with Gasteiger partial charge in [-0.05, 0) is 51.9 Å². The Morgan fingerprint density at radius 2 is 1.90 bits per heavy atom. The second-order valence-corrected chi connectivity index (χ2v) is 9.29. The number of ether oxygens (including phenoxy) is 1. The van der Waals surface area contributed by atoms with Crippen molar-refractivity contribution in [1.82, 2.24) is 20.2 Å². The van der Waals surface area contributed by atoms with Crippen molar-refractivity contribution in [3.8, 4) is 0 Å². The number of H-pyrrole nitrogens is 1. The van der Waals surface area contributed by atoms with E-state index in [0.29, 0.717) is 25.4 Å². The molecule has 0 unspecified atom stereocenters. The standard InChI is InChI=1S/C21H34N4O4/c1-13(2)11-15(20(28)29-21(4,5)6)24-18(26)16-17(23-12-22-16)19(27)25-9-7-14(3)8-10-25/h12-15H,7-11H2,1-6H3,(H,22,23)(H,24,26)/t15-/m0/s1. The molecule has 2 N–H and O–H groups in total. The van der Waals surface area contributed by atoms with Crippen LogP contribution >= 0.6 is 0 Å². The lowest BCUT2D eigenvalue weighted by atomic mass is 9.99. The molecule has 8 nitrogen and oxygen atoms in total. The van der Waals surface area contributed by atoms with Gasteiger partial charge in [0.05, 0.1) is 6.33 Å². The third kappa shape index (κ3) is 6.58. The summed E-state index contributed by atoms with van der Waals surface area (Å²) in [7, 11) is 0. The van der Waals surface area contributed by atoms with E-state index in [1.807, 2.05) is 13.8 Å². The molecule has 0 bridgehead atoms. The molecule has 2 heterocycles. The maximum Gasteiger partial charge on any atom is 0.329 e. The predicted molar refractivity (Wildman–Crippen MR) is 109 cm³/mol. The third-order valence-electron chi connectivity index (χ3n) is 4.84. The van der Waals surface area contributed by atoms with Gasteiger partial charge in [-0.25, -0.2) is 9.78 Å². The molecular weight excluding hydrogens is 372 g/mol. The first kappa shape index (κ1) is 22.9. The first-order valence-corrected chi connectivity index (χ1v) is 10.3. The van der Waals surface area contributed by atoms with Gasteiger partial charge in [-0.3, -0.25) is 9.59 Å². The van der Waals surface area contributed by atoms with Crippen LogP contribution in [0.2, 0.25) is 0 Å². The largest absolute Gasteiger partial charge is 0.458 e. The summed E-state index contributed by atoms with van der Waals surface area (Å²) >= 11 is 0. The maximum atomic E-state index is 12.9. The number of nitrogens with one attached hydrogen (secondary N) is 2. The van der Waals surface area contributed by atoms with Crippen molar-refractivity contribution in [2.45, 2.75) is 72.4 Å². The Labute approximate surface area is 172 Å². The van der Waals surface area contributed by atoms with E-state index in [1.165, 1.54) is 6.33 Å². The minimum atomic E-state index is -0.808. The summed E-state index contributed by atoms with van der Waals surface area (Å²) in [6.07, 6.45) is 3.64. The van der Waals surface area contributed by atoms with Crippen LogP contribution in [0.5, 0.6) is 0 Å². The van der Waals surface area contributed by atoms with Gasteiger partial charge in [-0.2, -0.15) is 0 Å². The number of carbonyl (C=O) groups excluding carboxylic acids is 3. The monoisotopic (exact) mass is 406 g/mol. The summed E-state index contributed by atoms with van der Waals surface area (Å²) in [6, 6.07) is -0.808. The lowest BCUT2D eigenvalue weighted by Crippen LogP contribution is -2.45. The molecule has 1 aromatic rings. The summed E-state index contributed by atoms with van der Waals surface area (Å²) in [5.41, 5.74) is -0.494. The first-order chi connectivity index (χ1) is 13.5. The number of likely N-dealkylation sites (tertiary alicyclic amines) is 1. The Morgan fingerprint density at radius 1 is 1.28 bits per heavy atom. The molecular formula is C21H34N4O4. The SMILES string of the molecule is CC(C)C[C@H](NC(=O)c1nc[nH]c1C(=O)N1CCC(C)CC1)C(=O)OC(C)(C)C. The molecule has 1 fully saturated rings. The highest BCUT2D eigenvalue weighted by Gasteiger charge is 2.31. The Bertz CT molecular complexity index is 727. The fourth-order valence-electron chi connectivity index (χ4n) is 3.28. The number of hydrogen-bond donors (Lipinski definition) is 2. The van der Waals surface area contributed by atoms with Crippen molar-refractivity contribution in [2.75, 3.05) is 13.1 Å². The summed E-state index contributed by atoms with van der Waals surface area (Å²) < 4.78 is 5.44. The quantitative estimate of drug-likeness (QED) is 0.707. The van der Waals surface area contributed by atoms with Crippen molar-refractivity contribution in [2.24, 2.45) is 11.8 Å². The lowest BCUT2D eigenvalue weighted by Gasteiger charge is -2.30. The Morgan fingerprint density at radius 3 is 2.45 bits per heavy atom. The molecule has 1 atom stereocenters. The minimum Gasteiger partial charge on any atom is -0.458 e. The molecule has 2 rings (SSSR count). The number of esters is 1. The normalized spacial score (nSPS) is 16.6. The summed E-state index contributed by atoms with van der Waals surface area (Å²) in [5.74, 6) is -0.528. The number of imidazole rings is 1. The van der Waals surface area contributed by atoms with Crippen molar-refractivity contribution < 1.29 is 19.1 Å². The first-order valence-electron chi connectivity index (χ1n) is 10.3. The van der Waals surface area contributed by atoms with Crippen LogP contribution in [0, 0.1) is 11.8 Å². The molecule has 29 heavy (non-hydrogen) atoms. The van der Waals surface area contributed by atoms with Gasteiger partial charge in [-0.1, -0.05) is 20.8 Å². The second kappa shape index (κ2) is 9.41. The number of hydrogen-bond acceptors (Lipinski definition) is 5. The number of rotatable bonds is 6. The number of amides is 2. The number of piperidine rings is 1. The van der Waals surface area contributed by atoms with Gasteiger partial charge >= 0.3 is 5.97 Å². The van der Waals surface area contributed by atoms with Gasteiger partial charge in [0.25, 0.3) is 11.8 Å². The van der Waals surface area contributed by atoms with E-state index in [4.69, 9.17) is 4.74 Å².